The molecule has 0 radical (unpaired) electrons. The van der Waals surface area contributed by atoms with E-state index in [4.69, 9.17) is 11.6 Å². The molecule has 0 aliphatic rings. The summed E-state index contributed by atoms with van der Waals surface area (Å²) in [6, 6.07) is 9.97. The van der Waals surface area contributed by atoms with Gasteiger partial charge in [0.1, 0.15) is 5.82 Å². The van der Waals surface area contributed by atoms with E-state index in [1.54, 1.807) is 0 Å². The number of benzene rings is 2. The highest BCUT2D eigenvalue weighted by molar-refractivity contribution is 9.10. The monoisotopic (exact) mass is 334 g/mol. The maximum Gasteiger partial charge on any atom is 0.139 e. The lowest BCUT2D eigenvalue weighted by Gasteiger charge is -2.00. The summed E-state index contributed by atoms with van der Waals surface area (Å²) < 4.78 is 0.938. The van der Waals surface area contributed by atoms with Crippen molar-refractivity contribution in [2.24, 2.45) is 0 Å². The lowest BCUT2D eigenvalue weighted by Crippen LogP contribution is -1.82. The van der Waals surface area contributed by atoms with E-state index >= 15 is 0 Å². The zero-order valence-electron chi connectivity index (χ0n) is 10.6. The highest BCUT2D eigenvalue weighted by atomic mass is 79.9. The molecule has 0 aliphatic heterocycles. The third kappa shape index (κ3) is 2.28. The van der Waals surface area contributed by atoms with Crippen LogP contribution in [0.5, 0.6) is 0 Å². The third-order valence-corrected chi connectivity index (χ3v) is 4.00. The molecule has 96 valence electrons. The molecule has 1 N–H and O–H groups in total. The summed E-state index contributed by atoms with van der Waals surface area (Å²) in [4.78, 5) is 8.06. The largest absolute Gasteiger partial charge is 0.338 e. The lowest BCUT2D eigenvalue weighted by molar-refractivity contribution is 1.32. The van der Waals surface area contributed by atoms with Crippen LogP contribution >= 0.6 is 27.5 Å². The predicted octanol–water partition coefficient (Wildman–Crippen LogP) is 5.26. The van der Waals surface area contributed by atoms with Crippen LogP contribution in [0.15, 0.2) is 34.8 Å². The number of fused-ring (bicyclic) bond motifs is 1. The Bertz CT molecular complexity index is 777. The van der Waals surface area contributed by atoms with Gasteiger partial charge in [-0.1, -0.05) is 17.7 Å². The quantitative estimate of drug-likeness (QED) is 0.645. The summed E-state index contributed by atoms with van der Waals surface area (Å²) in [6.45, 7) is 4.17. The number of rotatable bonds is 1. The number of aromatic amines is 1. The molecule has 19 heavy (non-hydrogen) atoms. The molecule has 0 saturated heterocycles. The number of nitrogens with zero attached hydrogens (tertiary/aromatic N) is 1. The van der Waals surface area contributed by atoms with Gasteiger partial charge < -0.3 is 4.98 Å². The van der Waals surface area contributed by atoms with E-state index in [0.29, 0.717) is 5.02 Å². The summed E-state index contributed by atoms with van der Waals surface area (Å²) in [6.07, 6.45) is 0. The highest BCUT2D eigenvalue weighted by Crippen LogP contribution is 2.31. The Morgan fingerprint density at radius 1 is 1.16 bits per heavy atom. The molecule has 0 atom stereocenters. The SMILES string of the molecule is Cc1cc(C)c2nc(-c3ccc(Cl)cc3Br)[nH]c2c1. The van der Waals surface area contributed by atoms with Crippen LogP contribution < -0.4 is 0 Å². The van der Waals surface area contributed by atoms with Gasteiger partial charge in [-0.25, -0.2) is 4.98 Å². The Labute approximate surface area is 124 Å². The second kappa shape index (κ2) is 4.66. The first-order chi connectivity index (χ1) is 9.04. The van der Waals surface area contributed by atoms with E-state index in [2.05, 4.69) is 51.9 Å². The van der Waals surface area contributed by atoms with Gasteiger partial charge in [-0.15, -0.1) is 0 Å². The number of hydrogen-bond donors (Lipinski definition) is 1. The molecular weight excluding hydrogens is 324 g/mol. The van der Waals surface area contributed by atoms with Crippen molar-refractivity contribution in [3.05, 3.63) is 51.0 Å². The Kier molecular flexibility index (Phi) is 3.11. The van der Waals surface area contributed by atoms with Crippen LogP contribution in [-0.2, 0) is 0 Å². The standard InChI is InChI=1S/C15H12BrClN2/c1-8-5-9(2)14-13(6-8)18-15(19-14)11-4-3-10(17)7-12(11)16/h3-7H,1-2H3,(H,18,19). The number of halogens is 2. The van der Waals surface area contributed by atoms with Crippen LogP contribution in [0.4, 0.5) is 0 Å². The highest BCUT2D eigenvalue weighted by Gasteiger charge is 2.10. The van der Waals surface area contributed by atoms with E-state index in [0.717, 1.165) is 26.9 Å². The van der Waals surface area contributed by atoms with E-state index < -0.39 is 0 Å². The summed E-state index contributed by atoms with van der Waals surface area (Å²) in [7, 11) is 0. The molecule has 3 rings (SSSR count). The van der Waals surface area contributed by atoms with Crippen molar-refractivity contribution in [3.8, 4) is 11.4 Å². The third-order valence-electron chi connectivity index (χ3n) is 3.11. The zero-order valence-corrected chi connectivity index (χ0v) is 12.9. The molecule has 1 heterocycles. The van der Waals surface area contributed by atoms with Crippen LogP contribution in [0.2, 0.25) is 5.02 Å². The molecule has 0 amide bonds. The van der Waals surface area contributed by atoms with Gasteiger partial charge in [0.25, 0.3) is 0 Å². The van der Waals surface area contributed by atoms with Gasteiger partial charge in [-0.05, 0) is 65.2 Å². The number of imidazole rings is 1. The van der Waals surface area contributed by atoms with E-state index in [9.17, 15) is 0 Å². The fraction of sp³-hybridized carbons (Fsp3) is 0.133. The number of nitrogens with one attached hydrogen (secondary N) is 1. The number of aromatic nitrogens is 2. The van der Waals surface area contributed by atoms with Gasteiger partial charge in [0.2, 0.25) is 0 Å². The van der Waals surface area contributed by atoms with Crippen LogP contribution in [0.3, 0.4) is 0 Å². The summed E-state index contributed by atoms with van der Waals surface area (Å²) >= 11 is 9.50. The molecule has 1 aromatic heterocycles. The van der Waals surface area contributed by atoms with Crippen molar-refractivity contribution in [1.82, 2.24) is 9.97 Å². The van der Waals surface area contributed by atoms with Crippen molar-refractivity contribution in [2.45, 2.75) is 13.8 Å². The van der Waals surface area contributed by atoms with Gasteiger partial charge in [0.05, 0.1) is 11.0 Å². The van der Waals surface area contributed by atoms with Crippen LogP contribution in [0.1, 0.15) is 11.1 Å². The molecule has 0 unspecified atom stereocenters. The minimum Gasteiger partial charge on any atom is -0.338 e. The number of H-pyrrole nitrogens is 1. The molecule has 0 aliphatic carbocycles. The minimum absolute atomic E-state index is 0.707. The van der Waals surface area contributed by atoms with E-state index in [1.807, 2.05) is 18.2 Å². The molecule has 0 bridgehead atoms. The molecule has 2 aromatic carbocycles. The lowest BCUT2D eigenvalue weighted by atomic mass is 10.1. The Morgan fingerprint density at radius 3 is 2.68 bits per heavy atom. The van der Waals surface area contributed by atoms with Crippen molar-refractivity contribution in [2.75, 3.05) is 0 Å². The van der Waals surface area contributed by atoms with Gasteiger partial charge >= 0.3 is 0 Å². The molecule has 0 saturated carbocycles. The van der Waals surface area contributed by atoms with Gasteiger partial charge in [0.15, 0.2) is 0 Å². The molecular formula is C15H12BrClN2. The van der Waals surface area contributed by atoms with Crippen LogP contribution in [0.25, 0.3) is 22.4 Å². The Hall–Kier alpha value is -1.32. The molecule has 2 nitrogen and oxygen atoms in total. The number of aryl methyl sites for hydroxylation is 2. The normalized spacial score (nSPS) is 11.2. The van der Waals surface area contributed by atoms with Crippen molar-refractivity contribution in [1.29, 1.82) is 0 Å². The average Bonchev–Trinajstić information content (AvgIpc) is 2.72. The average molecular weight is 336 g/mol. The smallest absolute Gasteiger partial charge is 0.139 e. The topological polar surface area (TPSA) is 28.7 Å². The second-order valence-electron chi connectivity index (χ2n) is 4.69. The van der Waals surface area contributed by atoms with Crippen LogP contribution in [-0.4, -0.2) is 9.97 Å². The second-order valence-corrected chi connectivity index (χ2v) is 5.98. The van der Waals surface area contributed by atoms with Gasteiger partial charge in [-0.3, -0.25) is 0 Å². The first-order valence-corrected chi connectivity index (χ1v) is 7.14. The molecule has 0 spiro atoms. The summed E-state index contributed by atoms with van der Waals surface area (Å²) in [5, 5.41) is 0.707. The summed E-state index contributed by atoms with van der Waals surface area (Å²) in [5.41, 5.74) is 5.51. The first kappa shape index (κ1) is 12.7. The fourth-order valence-electron chi connectivity index (χ4n) is 2.28. The first-order valence-electron chi connectivity index (χ1n) is 5.97. The van der Waals surface area contributed by atoms with Crippen molar-refractivity contribution >= 4 is 38.6 Å². The maximum absolute atomic E-state index is 5.97. The minimum atomic E-state index is 0.707. The van der Waals surface area contributed by atoms with E-state index in [1.165, 1.54) is 11.1 Å². The van der Waals surface area contributed by atoms with Crippen LogP contribution in [0, 0.1) is 13.8 Å². The molecule has 3 aromatic rings. The fourth-order valence-corrected chi connectivity index (χ4v) is 3.15. The zero-order chi connectivity index (χ0) is 13.6. The van der Waals surface area contributed by atoms with Crippen molar-refractivity contribution < 1.29 is 0 Å². The Balaban J connectivity index is 2.23. The van der Waals surface area contributed by atoms with Crippen molar-refractivity contribution in [3.63, 3.8) is 0 Å². The number of hydrogen-bond acceptors (Lipinski definition) is 1. The van der Waals surface area contributed by atoms with Gasteiger partial charge in [0, 0.05) is 15.1 Å². The van der Waals surface area contributed by atoms with E-state index in [-0.39, 0.29) is 0 Å². The maximum atomic E-state index is 5.97. The summed E-state index contributed by atoms with van der Waals surface area (Å²) in [5.74, 6) is 0.854. The Morgan fingerprint density at radius 2 is 1.95 bits per heavy atom. The molecule has 4 heteroatoms. The predicted molar refractivity (Wildman–Crippen MR) is 83.7 cm³/mol. The van der Waals surface area contributed by atoms with Gasteiger partial charge in [-0.2, -0.15) is 0 Å². The molecule has 0 fully saturated rings.